The molecule has 0 aliphatic heterocycles. The number of hydrogen-bond donors (Lipinski definition) is 1. The van der Waals surface area contributed by atoms with Gasteiger partial charge < -0.3 is 5.32 Å². The highest BCUT2D eigenvalue weighted by Crippen LogP contribution is 2.32. The van der Waals surface area contributed by atoms with Gasteiger partial charge in [-0.05, 0) is 56.9 Å². The van der Waals surface area contributed by atoms with E-state index in [9.17, 15) is 9.59 Å². The molecular formula is C23H27N3O2S2. The Bertz CT molecular complexity index is 1180. The first-order valence-corrected chi connectivity index (χ1v) is 11.7. The maximum Gasteiger partial charge on any atom is 0.267 e. The van der Waals surface area contributed by atoms with E-state index in [0.29, 0.717) is 17.1 Å². The van der Waals surface area contributed by atoms with E-state index in [4.69, 9.17) is 4.98 Å². The van der Waals surface area contributed by atoms with E-state index < -0.39 is 5.25 Å². The summed E-state index contributed by atoms with van der Waals surface area (Å²) in [4.78, 5) is 32.9. The molecule has 0 spiro atoms. The Morgan fingerprint density at radius 2 is 2.10 bits per heavy atom. The molecule has 0 saturated heterocycles. The summed E-state index contributed by atoms with van der Waals surface area (Å²) in [5.41, 5.74) is 3.84. The highest BCUT2D eigenvalue weighted by atomic mass is 32.2. The quantitative estimate of drug-likeness (QED) is 0.327. The molecule has 0 aliphatic carbocycles. The molecule has 1 atom stereocenters. The zero-order valence-electron chi connectivity index (χ0n) is 18.0. The molecule has 0 saturated carbocycles. The van der Waals surface area contributed by atoms with Crippen molar-refractivity contribution >= 4 is 39.2 Å². The average Bonchev–Trinajstić information content (AvgIpc) is 3.03. The lowest BCUT2D eigenvalue weighted by atomic mass is 10.1. The lowest BCUT2D eigenvalue weighted by Gasteiger charge is -2.17. The third-order valence-corrected chi connectivity index (χ3v) is 7.12. The van der Waals surface area contributed by atoms with Gasteiger partial charge in [-0.15, -0.1) is 17.9 Å². The number of rotatable bonds is 7. The Morgan fingerprint density at radius 1 is 1.37 bits per heavy atom. The Kier molecular flexibility index (Phi) is 6.83. The van der Waals surface area contributed by atoms with E-state index in [-0.39, 0.29) is 11.5 Å². The zero-order valence-corrected chi connectivity index (χ0v) is 19.7. The van der Waals surface area contributed by atoms with Gasteiger partial charge in [0.2, 0.25) is 5.91 Å². The molecule has 3 aromatic rings. The number of amides is 1. The highest BCUT2D eigenvalue weighted by Gasteiger charge is 2.23. The lowest BCUT2D eigenvalue weighted by molar-refractivity contribution is -0.120. The van der Waals surface area contributed by atoms with Crippen molar-refractivity contribution < 1.29 is 4.79 Å². The van der Waals surface area contributed by atoms with Gasteiger partial charge in [-0.1, -0.05) is 36.9 Å². The summed E-state index contributed by atoms with van der Waals surface area (Å²) in [5.74, 6) is -0.113. The average molecular weight is 442 g/mol. The molecule has 1 N–H and O–H groups in total. The van der Waals surface area contributed by atoms with E-state index in [2.05, 4.69) is 18.8 Å². The monoisotopic (exact) mass is 441 g/mol. The molecule has 2 aromatic heterocycles. The summed E-state index contributed by atoms with van der Waals surface area (Å²) in [6, 6.07) is 6.04. The fourth-order valence-corrected chi connectivity index (χ4v) is 5.50. The number of nitrogens with one attached hydrogen (secondary N) is 1. The standard InChI is InChI=1S/C23H27N3O2S2/c1-7-11-24-20(27)16(6)30-23-25-21-19(17(8-2)15(5)29-21)22(28)26(23)18-12-13(3)9-10-14(18)4/h7,9-10,12,16H,1,8,11H2,2-6H3,(H,24,27)/t16-/m0/s1. The van der Waals surface area contributed by atoms with Crippen molar-refractivity contribution in [1.82, 2.24) is 14.9 Å². The SMILES string of the molecule is C=CCNC(=O)[C@H](C)Sc1nc2sc(C)c(CC)c2c(=O)n1-c1cc(C)ccc1C. The maximum absolute atomic E-state index is 13.7. The minimum atomic E-state index is -0.405. The third kappa shape index (κ3) is 4.23. The number of carbonyl (C=O) groups is 1. The molecule has 1 amide bonds. The summed E-state index contributed by atoms with van der Waals surface area (Å²) < 4.78 is 1.68. The molecule has 0 fully saturated rings. The first-order chi connectivity index (χ1) is 14.3. The zero-order chi connectivity index (χ0) is 22.0. The van der Waals surface area contributed by atoms with Crippen molar-refractivity contribution in [3.63, 3.8) is 0 Å². The van der Waals surface area contributed by atoms with E-state index >= 15 is 0 Å². The smallest absolute Gasteiger partial charge is 0.267 e. The number of aryl methyl sites for hydroxylation is 4. The second-order valence-corrected chi connectivity index (χ2v) is 9.80. The molecule has 158 valence electrons. The van der Waals surface area contributed by atoms with Crippen LogP contribution in [0.3, 0.4) is 0 Å². The number of thiophene rings is 1. The van der Waals surface area contributed by atoms with Gasteiger partial charge in [-0.3, -0.25) is 14.2 Å². The van der Waals surface area contributed by atoms with Crippen LogP contribution in [0.15, 0.2) is 40.8 Å². The first-order valence-electron chi connectivity index (χ1n) is 9.96. The molecular weight excluding hydrogens is 414 g/mol. The molecule has 2 heterocycles. The van der Waals surface area contributed by atoms with E-state index in [1.165, 1.54) is 11.8 Å². The molecule has 30 heavy (non-hydrogen) atoms. The van der Waals surface area contributed by atoms with Crippen molar-refractivity contribution in [2.75, 3.05) is 6.54 Å². The normalized spacial score (nSPS) is 12.2. The van der Waals surface area contributed by atoms with Gasteiger partial charge in [0.15, 0.2) is 5.16 Å². The van der Waals surface area contributed by atoms with Crippen LogP contribution in [0.4, 0.5) is 0 Å². The molecule has 1 aromatic carbocycles. The topological polar surface area (TPSA) is 64.0 Å². The van der Waals surface area contributed by atoms with Crippen molar-refractivity contribution in [3.8, 4) is 5.69 Å². The van der Waals surface area contributed by atoms with Gasteiger partial charge in [0.05, 0.1) is 16.3 Å². The lowest BCUT2D eigenvalue weighted by Crippen LogP contribution is -2.32. The number of hydrogen-bond acceptors (Lipinski definition) is 5. The molecule has 3 rings (SSSR count). The van der Waals surface area contributed by atoms with Crippen LogP contribution in [0, 0.1) is 20.8 Å². The molecule has 0 aliphatic rings. The van der Waals surface area contributed by atoms with Gasteiger partial charge in [0.25, 0.3) is 5.56 Å². The van der Waals surface area contributed by atoms with Crippen LogP contribution in [0.25, 0.3) is 15.9 Å². The van der Waals surface area contributed by atoms with Gasteiger partial charge in [-0.25, -0.2) is 4.98 Å². The van der Waals surface area contributed by atoms with Gasteiger partial charge in [0, 0.05) is 11.4 Å². The third-order valence-electron chi connectivity index (χ3n) is 5.03. The first kappa shape index (κ1) is 22.3. The minimum Gasteiger partial charge on any atom is -0.352 e. The predicted molar refractivity (Wildman–Crippen MR) is 127 cm³/mol. The number of nitrogens with zero attached hydrogens (tertiary/aromatic N) is 2. The van der Waals surface area contributed by atoms with Gasteiger partial charge in [0.1, 0.15) is 4.83 Å². The van der Waals surface area contributed by atoms with Gasteiger partial charge in [-0.2, -0.15) is 0 Å². The second kappa shape index (κ2) is 9.18. The van der Waals surface area contributed by atoms with E-state index in [1.54, 1.807) is 22.0 Å². The van der Waals surface area contributed by atoms with Crippen molar-refractivity contribution in [3.05, 3.63) is 62.8 Å². The molecule has 0 unspecified atom stereocenters. The van der Waals surface area contributed by atoms with Crippen LogP contribution in [0.1, 0.15) is 35.4 Å². The number of thioether (sulfide) groups is 1. The minimum absolute atomic E-state index is 0.0731. The largest absolute Gasteiger partial charge is 0.352 e. The summed E-state index contributed by atoms with van der Waals surface area (Å²) in [6.45, 7) is 13.9. The van der Waals surface area contributed by atoms with Gasteiger partial charge >= 0.3 is 0 Å². The number of aromatic nitrogens is 2. The summed E-state index contributed by atoms with van der Waals surface area (Å²) in [7, 11) is 0. The fraction of sp³-hybridized carbons (Fsp3) is 0.348. The second-order valence-electron chi connectivity index (χ2n) is 7.29. The fourth-order valence-electron chi connectivity index (χ4n) is 3.40. The Hall–Kier alpha value is -2.38. The maximum atomic E-state index is 13.7. The summed E-state index contributed by atoms with van der Waals surface area (Å²) >= 11 is 2.84. The van der Waals surface area contributed by atoms with Crippen LogP contribution in [0.2, 0.25) is 0 Å². The number of carbonyl (C=O) groups excluding carboxylic acids is 1. The Labute approximate surface area is 185 Å². The summed E-state index contributed by atoms with van der Waals surface area (Å²) in [6.07, 6.45) is 2.43. The molecule has 7 heteroatoms. The number of benzene rings is 1. The molecule has 5 nitrogen and oxygen atoms in total. The number of fused-ring (bicyclic) bond motifs is 1. The van der Waals surface area contributed by atoms with Crippen LogP contribution in [-0.4, -0.2) is 27.3 Å². The Balaban J connectivity index is 2.25. The molecule has 0 radical (unpaired) electrons. The van der Waals surface area contributed by atoms with Crippen LogP contribution < -0.4 is 10.9 Å². The van der Waals surface area contributed by atoms with Crippen LogP contribution in [0.5, 0.6) is 0 Å². The highest BCUT2D eigenvalue weighted by molar-refractivity contribution is 8.00. The predicted octanol–water partition coefficient (Wildman–Crippen LogP) is 4.72. The van der Waals surface area contributed by atoms with Crippen molar-refractivity contribution in [1.29, 1.82) is 0 Å². The van der Waals surface area contributed by atoms with Crippen molar-refractivity contribution in [2.24, 2.45) is 0 Å². The van der Waals surface area contributed by atoms with E-state index in [1.807, 2.05) is 45.9 Å². The van der Waals surface area contributed by atoms with Crippen LogP contribution >= 0.6 is 23.1 Å². The van der Waals surface area contributed by atoms with Crippen molar-refractivity contribution in [2.45, 2.75) is 51.4 Å². The van der Waals surface area contributed by atoms with Crippen LogP contribution in [-0.2, 0) is 11.2 Å². The molecule has 0 bridgehead atoms. The summed E-state index contributed by atoms with van der Waals surface area (Å²) in [5, 5.41) is 3.63. The van der Waals surface area contributed by atoms with E-state index in [0.717, 1.165) is 38.5 Å². The Morgan fingerprint density at radius 3 is 2.77 bits per heavy atom.